The molecule has 1 aliphatic heterocycles. The maximum Gasteiger partial charge on any atom is 0.130 e. The first kappa shape index (κ1) is 17.7. The highest BCUT2D eigenvalue weighted by atomic mass is 16.5. The standard InChI is InChI=1S/C20H27N3O2/c1-21-20-17(5-3-11-22-20)14-23(15-19-6-4-12-25-19)13-16-7-9-18(24-2)10-8-16/h3,5,7-11,19H,4,6,12-15H2,1-2H3,(H,21,22). The molecule has 0 bridgehead atoms. The number of aromatic nitrogens is 1. The average molecular weight is 341 g/mol. The molecular weight excluding hydrogens is 314 g/mol. The molecule has 1 aliphatic rings. The van der Waals surface area contributed by atoms with Crippen molar-refractivity contribution < 1.29 is 9.47 Å². The monoisotopic (exact) mass is 341 g/mol. The van der Waals surface area contributed by atoms with Crippen LogP contribution in [-0.4, -0.2) is 43.3 Å². The van der Waals surface area contributed by atoms with Gasteiger partial charge in [-0.2, -0.15) is 0 Å². The third kappa shape index (κ3) is 4.94. The highest BCUT2D eigenvalue weighted by Crippen LogP contribution is 2.20. The van der Waals surface area contributed by atoms with Gasteiger partial charge in [-0.1, -0.05) is 18.2 Å². The van der Waals surface area contributed by atoms with E-state index in [1.165, 1.54) is 11.1 Å². The van der Waals surface area contributed by atoms with E-state index in [9.17, 15) is 0 Å². The van der Waals surface area contributed by atoms with Crippen molar-refractivity contribution in [2.75, 3.05) is 32.6 Å². The van der Waals surface area contributed by atoms with Crippen LogP contribution in [0, 0.1) is 0 Å². The molecule has 1 aromatic carbocycles. The molecule has 0 aliphatic carbocycles. The highest BCUT2D eigenvalue weighted by Gasteiger charge is 2.20. The number of methoxy groups -OCH3 is 1. The molecule has 1 aromatic heterocycles. The van der Waals surface area contributed by atoms with Gasteiger partial charge in [0.1, 0.15) is 11.6 Å². The van der Waals surface area contributed by atoms with E-state index in [4.69, 9.17) is 9.47 Å². The Labute approximate surface area is 150 Å². The summed E-state index contributed by atoms with van der Waals surface area (Å²) in [6, 6.07) is 12.4. The van der Waals surface area contributed by atoms with Crippen molar-refractivity contribution in [3.05, 3.63) is 53.7 Å². The Bertz CT molecular complexity index is 654. The number of rotatable bonds is 8. The lowest BCUT2D eigenvalue weighted by molar-refractivity contribution is 0.0679. The van der Waals surface area contributed by atoms with E-state index >= 15 is 0 Å². The first-order valence-electron chi connectivity index (χ1n) is 8.87. The zero-order chi connectivity index (χ0) is 17.5. The summed E-state index contributed by atoms with van der Waals surface area (Å²) in [6.45, 7) is 3.54. The van der Waals surface area contributed by atoms with Crippen LogP contribution >= 0.6 is 0 Å². The maximum atomic E-state index is 5.86. The molecule has 1 fully saturated rings. The molecule has 1 saturated heterocycles. The highest BCUT2D eigenvalue weighted by molar-refractivity contribution is 5.42. The molecule has 2 heterocycles. The summed E-state index contributed by atoms with van der Waals surface area (Å²) >= 11 is 0. The van der Waals surface area contributed by atoms with Crippen molar-refractivity contribution in [2.45, 2.75) is 32.0 Å². The summed E-state index contributed by atoms with van der Waals surface area (Å²) in [5.74, 6) is 1.83. The number of hydrogen-bond donors (Lipinski definition) is 1. The van der Waals surface area contributed by atoms with Crippen LogP contribution < -0.4 is 10.1 Å². The predicted octanol–water partition coefficient (Wildman–Crippen LogP) is 3.31. The van der Waals surface area contributed by atoms with Gasteiger partial charge >= 0.3 is 0 Å². The third-order valence-electron chi connectivity index (χ3n) is 4.57. The molecule has 1 unspecified atom stereocenters. The van der Waals surface area contributed by atoms with Gasteiger partial charge in [-0.25, -0.2) is 4.98 Å². The summed E-state index contributed by atoms with van der Waals surface area (Å²) in [5, 5.41) is 3.19. The molecular formula is C20H27N3O2. The molecule has 134 valence electrons. The number of nitrogens with zero attached hydrogens (tertiary/aromatic N) is 2. The van der Waals surface area contributed by atoms with Gasteiger partial charge in [0, 0.05) is 45.0 Å². The summed E-state index contributed by atoms with van der Waals surface area (Å²) in [4.78, 5) is 6.87. The Kier molecular flexibility index (Phi) is 6.25. The van der Waals surface area contributed by atoms with Crippen molar-refractivity contribution in [2.24, 2.45) is 0 Å². The number of pyridine rings is 1. The third-order valence-corrected chi connectivity index (χ3v) is 4.57. The molecule has 0 saturated carbocycles. The number of benzene rings is 1. The van der Waals surface area contributed by atoms with E-state index in [1.54, 1.807) is 7.11 Å². The van der Waals surface area contributed by atoms with Gasteiger partial charge in [0.05, 0.1) is 13.2 Å². The molecule has 2 aromatic rings. The van der Waals surface area contributed by atoms with Gasteiger partial charge < -0.3 is 14.8 Å². The van der Waals surface area contributed by atoms with E-state index < -0.39 is 0 Å². The molecule has 0 amide bonds. The Balaban J connectivity index is 1.73. The normalized spacial score (nSPS) is 17.0. The van der Waals surface area contributed by atoms with Crippen LogP contribution in [0.3, 0.4) is 0 Å². The van der Waals surface area contributed by atoms with Crippen molar-refractivity contribution in [1.82, 2.24) is 9.88 Å². The van der Waals surface area contributed by atoms with Gasteiger partial charge in [-0.05, 0) is 36.6 Å². The fourth-order valence-corrected chi connectivity index (χ4v) is 3.28. The Hall–Kier alpha value is -2.11. The van der Waals surface area contributed by atoms with Gasteiger partial charge in [-0.3, -0.25) is 4.90 Å². The predicted molar refractivity (Wildman–Crippen MR) is 99.9 cm³/mol. The van der Waals surface area contributed by atoms with Gasteiger partial charge in [-0.15, -0.1) is 0 Å². The number of hydrogen-bond acceptors (Lipinski definition) is 5. The molecule has 5 heteroatoms. The number of ether oxygens (including phenoxy) is 2. The molecule has 1 atom stereocenters. The second-order valence-electron chi connectivity index (χ2n) is 6.41. The van der Waals surface area contributed by atoms with E-state index in [-0.39, 0.29) is 0 Å². The van der Waals surface area contributed by atoms with Crippen LogP contribution in [0.5, 0.6) is 5.75 Å². The molecule has 0 radical (unpaired) electrons. The number of anilines is 1. The minimum Gasteiger partial charge on any atom is -0.497 e. The van der Waals surface area contributed by atoms with Crippen molar-refractivity contribution >= 4 is 5.82 Å². The fraction of sp³-hybridized carbons (Fsp3) is 0.450. The van der Waals surface area contributed by atoms with Crippen molar-refractivity contribution in [3.8, 4) is 5.75 Å². The lowest BCUT2D eigenvalue weighted by Gasteiger charge is -2.26. The maximum absolute atomic E-state index is 5.86. The average Bonchev–Trinajstić information content (AvgIpc) is 3.16. The quantitative estimate of drug-likeness (QED) is 0.798. The van der Waals surface area contributed by atoms with E-state index in [2.05, 4.69) is 33.4 Å². The Morgan fingerprint density at radius 2 is 2.08 bits per heavy atom. The van der Waals surface area contributed by atoms with E-state index in [0.29, 0.717) is 6.10 Å². The van der Waals surface area contributed by atoms with Crippen LogP contribution in [-0.2, 0) is 17.8 Å². The van der Waals surface area contributed by atoms with Gasteiger partial charge in [0.15, 0.2) is 0 Å². The van der Waals surface area contributed by atoms with Crippen LogP contribution in [0.2, 0.25) is 0 Å². The lowest BCUT2D eigenvalue weighted by atomic mass is 10.1. The molecule has 0 spiro atoms. The Morgan fingerprint density at radius 1 is 1.24 bits per heavy atom. The SMILES string of the molecule is CNc1ncccc1CN(Cc1ccc(OC)cc1)CC1CCCO1. The topological polar surface area (TPSA) is 46.6 Å². The summed E-state index contributed by atoms with van der Waals surface area (Å²) in [7, 11) is 3.61. The minimum absolute atomic E-state index is 0.327. The van der Waals surface area contributed by atoms with Crippen LogP contribution in [0.15, 0.2) is 42.6 Å². The van der Waals surface area contributed by atoms with Gasteiger partial charge in [0.25, 0.3) is 0 Å². The summed E-state index contributed by atoms with van der Waals surface area (Å²) < 4.78 is 11.1. The molecule has 3 rings (SSSR count). The minimum atomic E-state index is 0.327. The second kappa shape index (κ2) is 8.83. The van der Waals surface area contributed by atoms with Crippen molar-refractivity contribution in [1.29, 1.82) is 0 Å². The number of nitrogens with one attached hydrogen (secondary N) is 1. The largest absolute Gasteiger partial charge is 0.497 e. The summed E-state index contributed by atoms with van der Waals surface area (Å²) in [6.07, 6.45) is 4.46. The lowest BCUT2D eigenvalue weighted by Crippen LogP contribution is -2.31. The smallest absolute Gasteiger partial charge is 0.130 e. The second-order valence-corrected chi connectivity index (χ2v) is 6.41. The molecule has 25 heavy (non-hydrogen) atoms. The van der Waals surface area contributed by atoms with Crippen molar-refractivity contribution in [3.63, 3.8) is 0 Å². The first-order chi connectivity index (χ1) is 12.3. The molecule has 1 N–H and O–H groups in total. The van der Waals surface area contributed by atoms with Gasteiger partial charge in [0.2, 0.25) is 0 Å². The zero-order valence-corrected chi connectivity index (χ0v) is 15.1. The Morgan fingerprint density at radius 3 is 2.76 bits per heavy atom. The van der Waals surface area contributed by atoms with E-state index in [0.717, 1.165) is 50.7 Å². The van der Waals surface area contributed by atoms with Crippen LogP contribution in [0.1, 0.15) is 24.0 Å². The first-order valence-corrected chi connectivity index (χ1v) is 8.87. The zero-order valence-electron chi connectivity index (χ0n) is 15.1. The van der Waals surface area contributed by atoms with Crippen LogP contribution in [0.4, 0.5) is 5.82 Å². The fourth-order valence-electron chi connectivity index (χ4n) is 3.28. The molecule has 5 nitrogen and oxygen atoms in total. The van der Waals surface area contributed by atoms with E-state index in [1.807, 2.05) is 31.4 Å². The summed E-state index contributed by atoms with van der Waals surface area (Å²) in [5.41, 5.74) is 2.48. The van der Waals surface area contributed by atoms with Crippen LogP contribution in [0.25, 0.3) is 0 Å².